The predicted molar refractivity (Wildman–Crippen MR) is 107 cm³/mol. The molecule has 0 saturated carbocycles. The van der Waals surface area contributed by atoms with Crippen LogP contribution in [0, 0.1) is 6.92 Å². The topological polar surface area (TPSA) is 95.2 Å². The van der Waals surface area contributed by atoms with E-state index in [1.54, 1.807) is 19.5 Å². The van der Waals surface area contributed by atoms with Crippen molar-refractivity contribution in [3.8, 4) is 23.0 Å². The summed E-state index contributed by atoms with van der Waals surface area (Å²) in [5, 5.41) is 7.41. The highest BCUT2D eigenvalue weighted by atomic mass is 16.5. The number of methoxy groups -OCH3 is 1. The lowest BCUT2D eigenvalue weighted by Crippen LogP contribution is -2.15. The zero-order valence-corrected chi connectivity index (χ0v) is 16.0. The van der Waals surface area contributed by atoms with Crippen molar-refractivity contribution in [2.24, 2.45) is 0 Å². The van der Waals surface area contributed by atoms with E-state index >= 15 is 0 Å². The first-order chi connectivity index (χ1) is 14.2. The highest BCUT2D eigenvalue weighted by Crippen LogP contribution is 2.35. The Morgan fingerprint density at radius 1 is 1.21 bits per heavy atom. The maximum absolute atomic E-state index is 5.82. The number of rotatable bonds is 5. The van der Waals surface area contributed by atoms with Gasteiger partial charge in [-0.3, -0.25) is 4.98 Å². The molecule has 0 fully saturated rings. The van der Waals surface area contributed by atoms with Crippen LogP contribution in [-0.2, 0) is 0 Å². The number of aryl methyl sites for hydroxylation is 1. The van der Waals surface area contributed by atoms with E-state index < -0.39 is 0 Å². The number of nitrogens with zero attached hydrogens (tertiary/aromatic N) is 4. The monoisotopic (exact) mass is 389 g/mol. The van der Waals surface area contributed by atoms with Crippen LogP contribution in [0.15, 0.2) is 47.2 Å². The average Bonchev–Trinajstić information content (AvgIpc) is 3.37. The summed E-state index contributed by atoms with van der Waals surface area (Å²) in [6.07, 6.45) is 3.45. The van der Waals surface area contributed by atoms with Gasteiger partial charge >= 0.3 is 0 Å². The van der Waals surface area contributed by atoms with E-state index in [0.717, 1.165) is 39.6 Å². The van der Waals surface area contributed by atoms with Crippen LogP contribution in [0.25, 0.3) is 22.5 Å². The van der Waals surface area contributed by atoms with E-state index in [4.69, 9.17) is 19.0 Å². The molecule has 8 nitrogen and oxygen atoms in total. The summed E-state index contributed by atoms with van der Waals surface area (Å²) in [5.41, 5.74) is 4.98. The molecule has 8 heteroatoms. The number of fused-ring (bicyclic) bond motifs is 2. The molecular weight excluding hydrogens is 370 g/mol. The van der Waals surface area contributed by atoms with Crippen molar-refractivity contribution in [1.29, 1.82) is 0 Å². The number of anilines is 1. The first-order valence-electron chi connectivity index (χ1n) is 9.31. The number of ether oxygens (including phenoxy) is 2. The minimum atomic E-state index is 0.107. The number of aromatic nitrogens is 4. The number of hydrogen-bond donors (Lipinski definition) is 1. The second kappa shape index (κ2) is 7.05. The van der Waals surface area contributed by atoms with Crippen LogP contribution < -0.4 is 14.8 Å². The van der Waals surface area contributed by atoms with Crippen LogP contribution in [0.2, 0.25) is 0 Å². The molecule has 0 saturated heterocycles. The molecule has 1 unspecified atom stereocenters. The van der Waals surface area contributed by atoms with Crippen molar-refractivity contribution in [3.63, 3.8) is 0 Å². The zero-order valence-electron chi connectivity index (χ0n) is 16.0. The molecule has 5 heterocycles. The van der Waals surface area contributed by atoms with Gasteiger partial charge in [0.2, 0.25) is 0 Å². The second-order valence-electron chi connectivity index (χ2n) is 6.90. The molecule has 0 radical (unpaired) electrons. The van der Waals surface area contributed by atoms with Gasteiger partial charge in [0, 0.05) is 24.9 Å². The van der Waals surface area contributed by atoms with E-state index in [1.165, 1.54) is 0 Å². The van der Waals surface area contributed by atoms with Crippen LogP contribution in [-0.4, -0.2) is 40.4 Å². The van der Waals surface area contributed by atoms with Gasteiger partial charge in [0.05, 0.1) is 48.4 Å². The van der Waals surface area contributed by atoms with E-state index in [2.05, 4.69) is 20.4 Å². The van der Waals surface area contributed by atoms with E-state index in [1.807, 2.05) is 37.3 Å². The Morgan fingerprint density at radius 2 is 2.14 bits per heavy atom. The smallest absolute Gasteiger partial charge is 0.185 e. The Bertz CT molecular complexity index is 1190. The van der Waals surface area contributed by atoms with Crippen molar-refractivity contribution in [2.75, 3.05) is 25.6 Å². The molecule has 4 aromatic heterocycles. The van der Waals surface area contributed by atoms with Gasteiger partial charge in [0.15, 0.2) is 5.76 Å². The highest BCUT2D eigenvalue weighted by molar-refractivity contribution is 5.87. The van der Waals surface area contributed by atoms with Crippen LogP contribution in [0.4, 0.5) is 5.69 Å². The van der Waals surface area contributed by atoms with Gasteiger partial charge in [-0.1, -0.05) is 5.16 Å². The summed E-state index contributed by atoms with van der Waals surface area (Å²) < 4.78 is 16.4. The van der Waals surface area contributed by atoms with E-state index in [0.29, 0.717) is 24.7 Å². The zero-order chi connectivity index (χ0) is 19.8. The van der Waals surface area contributed by atoms with Crippen molar-refractivity contribution in [3.05, 3.63) is 54.1 Å². The summed E-state index contributed by atoms with van der Waals surface area (Å²) in [4.78, 5) is 13.6. The largest absolute Gasteiger partial charge is 0.495 e. The molecule has 1 N–H and O–H groups in total. The Morgan fingerprint density at radius 3 is 2.97 bits per heavy atom. The molecule has 146 valence electrons. The Labute approximate surface area is 166 Å². The molecule has 0 aromatic carbocycles. The fourth-order valence-electron chi connectivity index (χ4n) is 3.42. The van der Waals surface area contributed by atoms with Crippen LogP contribution >= 0.6 is 0 Å². The predicted octanol–water partition coefficient (Wildman–Crippen LogP) is 3.58. The van der Waals surface area contributed by atoms with Gasteiger partial charge in [0.25, 0.3) is 0 Å². The lowest BCUT2D eigenvalue weighted by molar-refractivity contribution is 0.334. The third kappa shape index (κ3) is 3.22. The van der Waals surface area contributed by atoms with Gasteiger partial charge in [0.1, 0.15) is 22.7 Å². The quantitative estimate of drug-likeness (QED) is 0.553. The molecule has 1 atom stereocenters. The Hall–Kier alpha value is -3.68. The number of nitrogens with one attached hydrogen (secondary N) is 1. The Balaban J connectivity index is 1.39. The molecule has 5 rings (SSSR count). The van der Waals surface area contributed by atoms with Crippen LogP contribution in [0.1, 0.15) is 17.3 Å². The molecule has 0 bridgehead atoms. The minimum absolute atomic E-state index is 0.107. The molecule has 29 heavy (non-hydrogen) atoms. The van der Waals surface area contributed by atoms with Crippen molar-refractivity contribution in [1.82, 2.24) is 20.1 Å². The fourth-order valence-corrected chi connectivity index (χ4v) is 3.42. The minimum Gasteiger partial charge on any atom is -0.495 e. The van der Waals surface area contributed by atoms with Crippen molar-refractivity contribution < 1.29 is 14.0 Å². The fraction of sp³-hybridized carbons (Fsp3) is 0.238. The van der Waals surface area contributed by atoms with E-state index in [9.17, 15) is 0 Å². The number of hydrogen-bond acceptors (Lipinski definition) is 8. The average molecular weight is 389 g/mol. The summed E-state index contributed by atoms with van der Waals surface area (Å²) in [6, 6.07) is 9.49. The van der Waals surface area contributed by atoms with Crippen molar-refractivity contribution >= 4 is 16.7 Å². The maximum Gasteiger partial charge on any atom is 0.185 e. The van der Waals surface area contributed by atoms with Gasteiger partial charge in [-0.25, -0.2) is 9.97 Å². The SMILES string of the molecule is COc1cnc2c(NCC3COc4ccc(-c5cc(C)no5)nc43)ccnc2c1. The molecule has 4 aromatic rings. The highest BCUT2D eigenvalue weighted by Gasteiger charge is 2.27. The Kier molecular flexibility index (Phi) is 4.23. The first kappa shape index (κ1) is 17.4. The molecule has 0 spiro atoms. The molecule has 1 aliphatic heterocycles. The summed E-state index contributed by atoms with van der Waals surface area (Å²) in [6.45, 7) is 3.11. The van der Waals surface area contributed by atoms with Gasteiger partial charge < -0.3 is 19.3 Å². The van der Waals surface area contributed by atoms with Crippen molar-refractivity contribution in [2.45, 2.75) is 12.8 Å². The molecular formula is C21H19N5O3. The molecule has 1 aliphatic rings. The van der Waals surface area contributed by atoms with Gasteiger partial charge in [-0.2, -0.15) is 0 Å². The second-order valence-corrected chi connectivity index (χ2v) is 6.90. The normalized spacial score (nSPS) is 15.2. The summed E-state index contributed by atoms with van der Waals surface area (Å²) >= 11 is 0. The van der Waals surface area contributed by atoms with Gasteiger partial charge in [-0.15, -0.1) is 0 Å². The van der Waals surface area contributed by atoms with Crippen LogP contribution in [0.5, 0.6) is 11.5 Å². The first-order valence-corrected chi connectivity index (χ1v) is 9.31. The lowest BCUT2D eigenvalue weighted by Gasteiger charge is -2.13. The lowest BCUT2D eigenvalue weighted by atomic mass is 10.1. The summed E-state index contributed by atoms with van der Waals surface area (Å²) in [5.74, 6) is 2.25. The van der Waals surface area contributed by atoms with Crippen LogP contribution in [0.3, 0.4) is 0 Å². The number of pyridine rings is 3. The van der Waals surface area contributed by atoms with E-state index in [-0.39, 0.29) is 5.92 Å². The third-order valence-electron chi connectivity index (χ3n) is 4.92. The van der Waals surface area contributed by atoms with Gasteiger partial charge in [-0.05, 0) is 25.1 Å². The molecule has 0 aliphatic carbocycles. The maximum atomic E-state index is 5.82. The third-order valence-corrected chi connectivity index (χ3v) is 4.92. The molecule has 0 amide bonds. The standard InChI is InChI=1S/C21H19N5O3/c1-12-7-19(29-26-12)15-3-4-18-20(25-15)13(11-28-18)9-23-16-5-6-22-17-8-14(27-2)10-24-21(16)17/h3-8,10,13H,9,11H2,1-2H3,(H,22,23). The summed E-state index contributed by atoms with van der Waals surface area (Å²) in [7, 11) is 1.61.